The predicted molar refractivity (Wildman–Crippen MR) is 139 cm³/mol. The fourth-order valence-corrected chi connectivity index (χ4v) is 7.58. The number of aromatic nitrogens is 1. The molecule has 0 saturated heterocycles. The SMILES string of the molecule is CC1CCc2c(sc(NC(=O)CCCSc3ccccc3)c2-c2nc3ccccc3s2)C1. The predicted octanol–water partition coefficient (Wildman–Crippen LogP) is 7.66. The van der Waals surface area contributed by atoms with Gasteiger partial charge in [0.05, 0.1) is 10.2 Å². The molecule has 1 unspecified atom stereocenters. The highest BCUT2D eigenvalue weighted by molar-refractivity contribution is 7.99. The first kappa shape index (κ1) is 21.7. The van der Waals surface area contributed by atoms with Crippen LogP contribution < -0.4 is 5.32 Å². The third-order valence-corrected chi connectivity index (χ3v) is 9.15. The van der Waals surface area contributed by atoms with Crippen molar-refractivity contribution in [2.24, 2.45) is 5.92 Å². The van der Waals surface area contributed by atoms with Gasteiger partial charge in [-0.2, -0.15) is 0 Å². The number of benzene rings is 2. The molecule has 1 aliphatic rings. The Bertz CT molecular complexity index is 1200. The molecule has 32 heavy (non-hydrogen) atoms. The van der Waals surface area contributed by atoms with Gasteiger partial charge in [-0.1, -0.05) is 37.3 Å². The minimum atomic E-state index is 0.104. The Morgan fingerprint density at radius 1 is 1.12 bits per heavy atom. The summed E-state index contributed by atoms with van der Waals surface area (Å²) in [5.41, 5.74) is 3.61. The Morgan fingerprint density at radius 3 is 2.78 bits per heavy atom. The maximum absolute atomic E-state index is 12.8. The van der Waals surface area contributed by atoms with Gasteiger partial charge in [0.25, 0.3) is 0 Å². The van der Waals surface area contributed by atoms with Gasteiger partial charge in [0, 0.05) is 21.8 Å². The molecule has 3 nitrogen and oxygen atoms in total. The monoisotopic (exact) mass is 478 g/mol. The highest BCUT2D eigenvalue weighted by atomic mass is 32.2. The quantitative estimate of drug-likeness (QED) is 0.219. The van der Waals surface area contributed by atoms with Gasteiger partial charge in [-0.25, -0.2) is 4.98 Å². The zero-order chi connectivity index (χ0) is 21.9. The summed E-state index contributed by atoms with van der Waals surface area (Å²) in [5, 5.41) is 5.29. The maximum Gasteiger partial charge on any atom is 0.225 e. The Balaban J connectivity index is 1.33. The van der Waals surface area contributed by atoms with Gasteiger partial charge in [0.15, 0.2) is 0 Å². The third kappa shape index (κ3) is 4.77. The number of hydrogen-bond acceptors (Lipinski definition) is 5. The standard InChI is InChI=1S/C26H26N2OS3/c1-17-13-14-19-22(16-17)32-26(24(19)25-27-20-10-5-6-11-21(20)31-25)28-23(29)12-7-15-30-18-8-3-2-4-9-18/h2-6,8-11,17H,7,12-16H2,1H3,(H,28,29). The van der Waals surface area contributed by atoms with E-state index in [0.29, 0.717) is 12.3 Å². The molecule has 1 aliphatic carbocycles. The van der Waals surface area contributed by atoms with Crippen molar-refractivity contribution in [2.45, 2.75) is 43.9 Å². The van der Waals surface area contributed by atoms with Crippen LogP contribution in [0.15, 0.2) is 59.5 Å². The minimum absolute atomic E-state index is 0.104. The molecule has 2 aromatic heterocycles. The second-order valence-electron chi connectivity index (χ2n) is 8.36. The summed E-state index contributed by atoms with van der Waals surface area (Å²) in [7, 11) is 0. The van der Waals surface area contributed by atoms with Crippen molar-refractivity contribution in [2.75, 3.05) is 11.1 Å². The van der Waals surface area contributed by atoms with E-state index in [1.807, 2.05) is 23.9 Å². The van der Waals surface area contributed by atoms with Crippen LogP contribution in [0.4, 0.5) is 5.00 Å². The molecule has 1 N–H and O–H groups in total. The van der Waals surface area contributed by atoms with Crippen LogP contribution in [0.1, 0.15) is 36.6 Å². The number of thiophene rings is 1. The maximum atomic E-state index is 12.8. The normalized spacial score (nSPS) is 15.6. The molecule has 0 fully saturated rings. The smallest absolute Gasteiger partial charge is 0.225 e. The third-order valence-electron chi connectivity index (χ3n) is 5.83. The molecule has 5 rings (SSSR count). The molecule has 1 amide bonds. The van der Waals surface area contributed by atoms with E-state index in [2.05, 4.69) is 54.7 Å². The first-order valence-corrected chi connectivity index (χ1v) is 13.8. The highest BCUT2D eigenvalue weighted by Gasteiger charge is 2.27. The number of carbonyl (C=O) groups excluding carboxylic acids is 1. The molecule has 0 aliphatic heterocycles. The Labute approximate surface area is 201 Å². The fourth-order valence-electron chi connectivity index (χ4n) is 4.17. The van der Waals surface area contributed by atoms with Gasteiger partial charge in [0.1, 0.15) is 10.0 Å². The summed E-state index contributed by atoms with van der Waals surface area (Å²) in [6, 6.07) is 18.7. The number of thiazole rings is 1. The lowest BCUT2D eigenvalue weighted by atomic mass is 9.88. The molecule has 0 radical (unpaired) electrons. The van der Waals surface area contributed by atoms with Gasteiger partial charge in [-0.05, 0) is 67.2 Å². The second-order valence-corrected chi connectivity index (χ2v) is 11.7. The summed E-state index contributed by atoms with van der Waals surface area (Å²) >= 11 is 5.30. The summed E-state index contributed by atoms with van der Waals surface area (Å²) in [6.45, 7) is 2.32. The summed E-state index contributed by atoms with van der Waals surface area (Å²) < 4.78 is 1.20. The number of hydrogen-bond donors (Lipinski definition) is 1. The van der Waals surface area contributed by atoms with Gasteiger partial charge in [0.2, 0.25) is 5.91 Å². The van der Waals surface area contributed by atoms with E-state index in [4.69, 9.17) is 4.98 Å². The highest BCUT2D eigenvalue weighted by Crippen LogP contribution is 2.47. The van der Waals surface area contributed by atoms with E-state index in [9.17, 15) is 4.79 Å². The Morgan fingerprint density at radius 2 is 1.94 bits per heavy atom. The molecule has 6 heteroatoms. The van der Waals surface area contributed by atoms with Gasteiger partial charge in [-0.3, -0.25) is 4.79 Å². The number of carbonyl (C=O) groups is 1. The number of anilines is 1. The zero-order valence-electron chi connectivity index (χ0n) is 18.1. The van der Waals surface area contributed by atoms with Crippen LogP contribution in [-0.4, -0.2) is 16.6 Å². The first-order chi connectivity index (χ1) is 15.7. The molecular formula is C26H26N2OS3. The first-order valence-electron chi connectivity index (χ1n) is 11.2. The largest absolute Gasteiger partial charge is 0.317 e. The molecule has 1 atom stereocenters. The number of nitrogens with one attached hydrogen (secondary N) is 1. The van der Waals surface area contributed by atoms with Crippen molar-refractivity contribution < 1.29 is 4.79 Å². The number of rotatable bonds is 7. The van der Waals surface area contributed by atoms with E-state index in [1.165, 1.54) is 32.0 Å². The van der Waals surface area contributed by atoms with Gasteiger partial charge >= 0.3 is 0 Å². The lowest BCUT2D eigenvalue weighted by Gasteiger charge is -2.18. The number of amides is 1. The minimum Gasteiger partial charge on any atom is -0.317 e. The van der Waals surface area contributed by atoms with Crippen LogP contribution in [0.25, 0.3) is 20.8 Å². The van der Waals surface area contributed by atoms with Crippen LogP contribution in [-0.2, 0) is 17.6 Å². The number of para-hydroxylation sites is 1. The number of thioether (sulfide) groups is 1. The van der Waals surface area contributed by atoms with Crippen LogP contribution in [0.5, 0.6) is 0 Å². The van der Waals surface area contributed by atoms with Crippen LogP contribution in [0, 0.1) is 5.92 Å². The molecule has 2 heterocycles. The summed E-state index contributed by atoms with van der Waals surface area (Å²) in [4.78, 5) is 20.4. The summed E-state index contributed by atoms with van der Waals surface area (Å²) in [5.74, 6) is 1.75. The molecule has 0 bridgehead atoms. The number of nitrogens with zero attached hydrogens (tertiary/aromatic N) is 1. The average Bonchev–Trinajstić information content (AvgIpc) is 3.37. The Kier molecular flexibility index (Phi) is 6.62. The zero-order valence-corrected chi connectivity index (χ0v) is 20.5. The van der Waals surface area contributed by atoms with Crippen molar-refractivity contribution >= 4 is 55.6 Å². The molecular weight excluding hydrogens is 453 g/mol. The van der Waals surface area contributed by atoms with E-state index in [0.717, 1.165) is 40.5 Å². The van der Waals surface area contributed by atoms with Crippen molar-refractivity contribution in [3.63, 3.8) is 0 Å². The molecule has 0 saturated carbocycles. The van der Waals surface area contributed by atoms with Crippen molar-refractivity contribution in [3.8, 4) is 10.6 Å². The lowest BCUT2D eigenvalue weighted by Crippen LogP contribution is -2.11. The van der Waals surface area contributed by atoms with Crippen LogP contribution in [0.2, 0.25) is 0 Å². The van der Waals surface area contributed by atoms with Crippen LogP contribution >= 0.6 is 34.4 Å². The second kappa shape index (κ2) is 9.77. The van der Waals surface area contributed by atoms with E-state index < -0.39 is 0 Å². The van der Waals surface area contributed by atoms with E-state index in [-0.39, 0.29) is 5.91 Å². The summed E-state index contributed by atoms with van der Waals surface area (Å²) in [6.07, 6.45) is 4.77. The molecule has 164 valence electrons. The van der Waals surface area contributed by atoms with Crippen molar-refractivity contribution in [1.29, 1.82) is 0 Å². The van der Waals surface area contributed by atoms with E-state index >= 15 is 0 Å². The topological polar surface area (TPSA) is 42.0 Å². The van der Waals surface area contributed by atoms with Crippen molar-refractivity contribution in [3.05, 3.63) is 65.0 Å². The van der Waals surface area contributed by atoms with Gasteiger partial charge in [-0.15, -0.1) is 34.4 Å². The molecule has 4 aromatic rings. The average molecular weight is 479 g/mol. The van der Waals surface area contributed by atoms with Gasteiger partial charge < -0.3 is 5.32 Å². The Hall–Kier alpha value is -2.15. The van der Waals surface area contributed by atoms with Crippen molar-refractivity contribution in [1.82, 2.24) is 4.98 Å². The van der Waals surface area contributed by atoms with Crippen LogP contribution in [0.3, 0.4) is 0 Å². The fraction of sp³-hybridized carbons (Fsp3) is 0.308. The van der Waals surface area contributed by atoms with E-state index in [1.54, 1.807) is 22.7 Å². The number of fused-ring (bicyclic) bond motifs is 2. The molecule has 2 aromatic carbocycles. The lowest BCUT2D eigenvalue weighted by molar-refractivity contribution is -0.116. The molecule has 0 spiro atoms.